The van der Waals surface area contributed by atoms with Crippen LogP contribution < -0.4 is 11.5 Å². The van der Waals surface area contributed by atoms with E-state index in [4.69, 9.17) is 23.1 Å². The molecule has 0 aliphatic heterocycles. The second-order valence-corrected chi connectivity index (χ2v) is 4.12. The van der Waals surface area contributed by atoms with Crippen molar-refractivity contribution in [2.75, 3.05) is 20.1 Å². The van der Waals surface area contributed by atoms with Crippen LogP contribution in [0.4, 0.5) is 0 Å². The Kier molecular flexibility index (Phi) is 4.73. The van der Waals surface area contributed by atoms with Crippen molar-refractivity contribution in [2.24, 2.45) is 11.5 Å². The first kappa shape index (κ1) is 13.0. The van der Waals surface area contributed by atoms with Crippen LogP contribution in [0.15, 0.2) is 24.3 Å². The lowest BCUT2D eigenvalue weighted by Crippen LogP contribution is -2.37. The minimum absolute atomic E-state index is 0.0498. The molecule has 0 spiro atoms. The minimum Gasteiger partial charge on any atom is -0.369 e. The van der Waals surface area contributed by atoms with Gasteiger partial charge in [-0.1, -0.05) is 23.7 Å². The maximum atomic E-state index is 10.8. The van der Waals surface area contributed by atoms with E-state index >= 15 is 0 Å². The molecule has 0 aliphatic carbocycles. The standard InChI is InChI=1S/C11H16ClN3O/c1-15(7-11(14)16)10(6-13)8-3-2-4-9(12)5-8/h2-5,10H,6-7,13H2,1H3,(H2,14,16). The Bertz CT molecular complexity index is 370. The van der Waals surface area contributed by atoms with Gasteiger partial charge in [-0.2, -0.15) is 0 Å². The first-order valence-corrected chi connectivity index (χ1v) is 5.36. The molecular weight excluding hydrogens is 226 g/mol. The highest BCUT2D eigenvalue weighted by Gasteiger charge is 2.16. The third kappa shape index (κ3) is 3.48. The number of likely N-dealkylation sites (N-methyl/N-ethyl adjacent to an activating group) is 1. The molecule has 1 atom stereocenters. The average molecular weight is 242 g/mol. The van der Waals surface area contributed by atoms with Crippen LogP contribution in [0.2, 0.25) is 5.02 Å². The highest BCUT2D eigenvalue weighted by atomic mass is 35.5. The van der Waals surface area contributed by atoms with Gasteiger partial charge in [-0.05, 0) is 24.7 Å². The molecular formula is C11H16ClN3O. The molecule has 0 bridgehead atoms. The van der Waals surface area contributed by atoms with Crippen LogP contribution in [0.5, 0.6) is 0 Å². The Morgan fingerprint density at radius 3 is 2.75 bits per heavy atom. The summed E-state index contributed by atoms with van der Waals surface area (Å²) in [5, 5.41) is 0.656. The van der Waals surface area contributed by atoms with Gasteiger partial charge < -0.3 is 11.5 Å². The summed E-state index contributed by atoms with van der Waals surface area (Å²) in [5.74, 6) is -0.372. The largest absolute Gasteiger partial charge is 0.369 e. The number of hydrogen-bond donors (Lipinski definition) is 2. The first-order chi connectivity index (χ1) is 7.54. The van der Waals surface area contributed by atoms with Gasteiger partial charge in [0.2, 0.25) is 5.91 Å². The van der Waals surface area contributed by atoms with Gasteiger partial charge in [0.05, 0.1) is 6.54 Å². The summed E-state index contributed by atoms with van der Waals surface area (Å²) in [6.45, 7) is 0.582. The third-order valence-corrected chi connectivity index (χ3v) is 2.63. The van der Waals surface area contributed by atoms with E-state index in [1.54, 1.807) is 6.07 Å². The van der Waals surface area contributed by atoms with E-state index in [1.165, 1.54) is 0 Å². The lowest BCUT2D eigenvalue weighted by atomic mass is 10.1. The smallest absolute Gasteiger partial charge is 0.231 e. The van der Waals surface area contributed by atoms with Crippen LogP contribution >= 0.6 is 11.6 Å². The summed E-state index contributed by atoms with van der Waals surface area (Å²) in [4.78, 5) is 12.7. The molecule has 16 heavy (non-hydrogen) atoms. The van der Waals surface area contributed by atoms with Gasteiger partial charge in [-0.15, -0.1) is 0 Å². The quantitative estimate of drug-likeness (QED) is 0.799. The van der Waals surface area contributed by atoms with E-state index in [0.717, 1.165) is 5.56 Å². The summed E-state index contributed by atoms with van der Waals surface area (Å²) in [6.07, 6.45) is 0. The number of carbonyl (C=O) groups excluding carboxylic acids is 1. The van der Waals surface area contributed by atoms with Crippen molar-refractivity contribution in [3.05, 3.63) is 34.9 Å². The Hall–Kier alpha value is -1.10. The molecule has 0 saturated carbocycles. The molecule has 1 aromatic rings. The molecule has 1 aromatic carbocycles. The summed E-state index contributed by atoms with van der Waals surface area (Å²) in [6, 6.07) is 7.38. The van der Waals surface area contributed by atoms with E-state index < -0.39 is 0 Å². The van der Waals surface area contributed by atoms with E-state index in [2.05, 4.69) is 0 Å². The lowest BCUT2D eigenvalue weighted by Gasteiger charge is -2.26. The van der Waals surface area contributed by atoms with Gasteiger partial charge in [0.15, 0.2) is 0 Å². The normalized spacial score (nSPS) is 12.8. The molecule has 0 aromatic heterocycles. The second kappa shape index (κ2) is 5.84. The third-order valence-electron chi connectivity index (χ3n) is 2.39. The predicted molar refractivity (Wildman–Crippen MR) is 65.1 cm³/mol. The molecule has 0 heterocycles. The molecule has 0 aliphatic rings. The number of rotatable bonds is 5. The number of carbonyl (C=O) groups is 1. The molecule has 0 radical (unpaired) electrons. The van der Waals surface area contributed by atoms with Crippen molar-refractivity contribution < 1.29 is 4.79 Å². The fourth-order valence-electron chi connectivity index (χ4n) is 1.64. The van der Waals surface area contributed by atoms with Crippen molar-refractivity contribution in [1.29, 1.82) is 0 Å². The fraction of sp³-hybridized carbons (Fsp3) is 0.364. The Balaban J connectivity index is 2.85. The SMILES string of the molecule is CN(CC(N)=O)C(CN)c1cccc(Cl)c1. The number of hydrogen-bond acceptors (Lipinski definition) is 3. The Morgan fingerprint density at radius 2 is 2.25 bits per heavy atom. The maximum absolute atomic E-state index is 10.8. The van der Waals surface area contributed by atoms with E-state index in [0.29, 0.717) is 11.6 Å². The van der Waals surface area contributed by atoms with Gasteiger partial charge in [-0.3, -0.25) is 9.69 Å². The highest BCUT2D eigenvalue weighted by molar-refractivity contribution is 6.30. The molecule has 0 saturated heterocycles. The number of benzene rings is 1. The average Bonchev–Trinajstić information content (AvgIpc) is 2.17. The van der Waals surface area contributed by atoms with Gasteiger partial charge >= 0.3 is 0 Å². The van der Waals surface area contributed by atoms with Crippen LogP contribution in [0, 0.1) is 0 Å². The molecule has 5 heteroatoms. The van der Waals surface area contributed by atoms with Crippen molar-refractivity contribution in [3.8, 4) is 0 Å². The van der Waals surface area contributed by atoms with Crippen LogP contribution in [0.1, 0.15) is 11.6 Å². The minimum atomic E-state index is -0.372. The molecule has 1 unspecified atom stereocenters. The van der Waals surface area contributed by atoms with Crippen molar-refractivity contribution in [3.63, 3.8) is 0 Å². The van der Waals surface area contributed by atoms with Crippen molar-refractivity contribution in [1.82, 2.24) is 4.90 Å². The lowest BCUT2D eigenvalue weighted by molar-refractivity contribution is -0.119. The maximum Gasteiger partial charge on any atom is 0.231 e. The van der Waals surface area contributed by atoms with Gasteiger partial charge in [0.25, 0.3) is 0 Å². The fourth-order valence-corrected chi connectivity index (χ4v) is 1.84. The number of primary amides is 1. The summed E-state index contributed by atoms with van der Waals surface area (Å²) in [7, 11) is 1.81. The van der Waals surface area contributed by atoms with Crippen LogP contribution in [0.25, 0.3) is 0 Å². The van der Waals surface area contributed by atoms with Gasteiger partial charge in [0, 0.05) is 17.6 Å². The first-order valence-electron chi connectivity index (χ1n) is 4.98. The summed E-state index contributed by atoms with van der Waals surface area (Å²) < 4.78 is 0. The monoisotopic (exact) mass is 241 g/mol. The topological polar surface area (TPSA) is 72.3 Å². The zero-order chi connectivity index (χ0) is 12.1. The van der Waals surface area contributed by atoms with Crippen LogP contribution in [-0.4, -0.2) is 30.9 Å². The van der Waals surface area contributed by atoms with E-state index in [-0.39, 0.29) is 18.5 Å². The highest BCUT2D eigenvalue weighted by Crippen LogP contribution is 2.21. The van der Waals surface area contributed by atoms with E-state index in [1.807, 2.05) is 30.1 Å². The van der Waals surface area contributed by atoms with E-state index in [9.17, 15) is 4.79 Å². The molecule has 1 rings (SSSR count). The zero-order valence-corrected chi connectivity index (χ0v) is 9.95. The molecule has 4 nitrogen and oxygen atoms in total. The summed E-state index contributed by atoms with van der Waals surface area (Å²) >= 11 is 5.91. The molecule has 0 fully saturated rings. The van der Waals surface area contributed by atoms with Crippen molar-refractivity contribution >= 4 is 17.5 Å². The molecule has 1 amide bonds. The van der Waals surface area contributed by atoms with Crippen LogP contribution in [0.3, 0.4) is 0 Å². The number of halogens is 1. The van der Waals surface area contributed by atoms with Gasteiger partial charge in [-0.25, -0.2) is 0 Å². The predicted octanol–water partition coefficient (Wildman–Crippen LogP) is 0.757. The second-order valence-electron chi connectivity index (χ2n) is 3.69. The number of nitrogens with zero attached hydrogens (tertiary/aromatic N) is 1. The Morgan fingerprint density at radius 1 is 1.56 bits per heavy atom. The zero-order valence-electron chi connectivity index (χ0n) is 9.19. The van der Waals surface area contributed by atoms with Crippen LogP contribution in [-0.2, 0) is 4.79 Å². The number of amides is 1. The molecule has 88 valence electrons. The number of nitrogens with two attached hydrogens (primary N) is 2. The van der Waals surface area contributed by atoms with Crippen molar-refractivity contribution in [2.45, 2.75) is 6.04 Å². The Labute approximate surface area is 100 Å². The van der Waals surface area contributed by atoms with Gasteiger partial charge in [0.1, 0.15) is 0 Å². The summed E-state index contributed by atoms with van der Waals surface area (Å²) in [5.41, 5.74) is 11.8. The molecule has 4 N–H and O–H groups in total.